The molecule has 1 saturated carbocycles. The minimum Gasteiger partial charge on any atom is -0.484 e. The Hall–Kier alpha value is -2.34. The number of halogens is 1. The molecule has 0 saturated heterocycles. The van der Waals surface area contributed by atoms with E-state index in [4.69, 9.17) is 4.74 Å². The maximum atomic E-state index is 13.3. The molecule has 0 spiro atoms. The number of carbonyl (C=O) groups is 2. The minimum atomic E-state index is -0.584. The first-order valence-electron chi connectivity index (χ1n) is 11.3. The molecule has 0 aromatic heterocycles. The van der Waals surface area contributed by atoms with Crippen LogP contribution in [-0.2, 0) is 16.1 Å². The minimum absolute atomic E-state index is 0.103. The van der Waals surface area contributed by atoms with Gasteiger partial charge >= 0.3 is 0 Å². The molecular formula is C26H33BrN2O3. The average molecular weight is 501 g/mol. The zero-order valence-corrected chi connectivity index (χ0v) is 21.0. The van der Waals surface area contributed by atoms with E-state index in [9.17, 15) is 9.59 Å². The Balaban J connectivity index is 1.75. The van der Waals surface area contributed by atoms with Gasteiger partial charge in [0.25, 0.3) is 5.91 Å². The van der Waals surface area contributed by atoms with Crippen LogP contribution in [0.5, 0.6) is 5.75 Å². The number of ether oxygens (including phenoxy) is 1. The van der Waals surface area contributed by atoms with Crippen LogP contribution in [-0.4, -0.2) is 35.4 Å². The van der Waals surface area contributed by atoms with E-state index in [-0.39, 0.29) is 24.5 Å². The summed E-state index contributed by atoms with van der Waals surface area (Å²) < 4.78 is 6.89. The Morgan fingerprint density at radius 3 is 2.34 bits per heavy atom. The van der Waals surface area contributed by atoms with Gasteiger partial charge in [0.2, 0.25) is 5.91 Å². The number of nitrogens with one attached hydrogen (secondary N) is 1. The van der Waals surface area contributed by atoms with Crippen molar-refractivity contribution in [2.24, 2.45) is 0 Å². The number of aryl methyl sites for hydroxylation is 3. The molecule has 2 amide bonds. The Bertz CT molecular complexity index is 946. The molecule has 172 valence electrons. The van der Waals surface area contributed by atoms with Crippen molar-refractivity contribution in [3.05, 3.63) is 63.1 Å². The van der Waals surface area contributed by atoms with Gasteiger partial charge in [-0.05, 0) is 74.9 Å². The zero-order valence-electron chi connectivity index (χ0n) is 19.4. The van der Waals surface area contributed by atoms with Crippen LogP contribution in [0.4, 0.5) is 0 Å². The lowest BCUT2D eigenvalue weighted by atomic mass is 10.1. The Morgan fingerprint density at radius 1 is 1.09 bits per heavy atom. The van der Waals surface area contributed by atoms with Crippen LogP contribution in [0, 0.1) is 20.8 Å². The predicted molar refractivity (Wildman–Crippen MR) is 131 cm³/mol. The van der Waals surface area contributed by atoms with E-state index in [0.717, 1.165) is 52.4 Å². The molecule has 1 aliphatic carbocycles. The summed E-state index contributed by atoms with van der Waals surface area (Å²) in [4.78, 5) is 27.9. The number of rotatable bonds is 8. The van der Waals surface area contributed by atoms with Crippen LogP contribution >= 0.6 is 15.9 Å². The van der Waals surface area contributed by atoms with Crippen molar-refractivity contribution >= 4 is 27.7 Å². The molecule has 0 heterocycles. The second-order valence-corrected chi connectivity index (χ2v) is 9.57. The number of carbonyl (C=O) groups excluding carboxylic acids is 2. The lowest BCUT2D eigenvalue weighted by Crippen LogP contribution is -2.50. The van der Waals surface area contributed by atoms with Gasteiger partial charge in [0.05, 0.1) is 0 Å². The predicted octanol–water partition coefficient (Wildman–Crippen LogP) is 5.23. The average Bonchev–Trinajstić information content (AvgIpc) is 3.27. The number of hydrogen-bond acceptors (Lipinski definition) is 3. The first-order valence-corrected chi connectivity index (χ1v) is 12.1. The molecular weight excluding hydrogens is 468 g/mol. The van der Waals surface area contributed by atoms with Gasteiger partial charge in [0.15, 0.2) is 6.61 Å². The summed E-state index contributed by atoms with van der Waals surface area (Å²) >= 11 is 3.56. The number of nitrogens with zero attached hydrogens (tertiary/aromatic N) is 1. The third-order valence-corrected chi connectivity index (χ3v) is 7.49. The highest BCUT2D eigenvalue weighted by molar-refractivity contribution is 9.10. The summed E-state index contributed by atoms with van der Waals surface area (Å²) in [7, 11) is 0. The van der Waals surface area contributed by atoms with Crippen LogP contribution < -0.4 is 10.1 Å². The lowest BCUT2D eigenvalue weighted by molar-refractivity contribution is -0.142. The van der Waals surface area contributed by atoms with Crippen LogP contribution in [0.2, 0.25) is 0 Å². The molecule has 1 N–H and O–H groups in total. The smallest absolute Gasteiger partial charge is 0.261 e. The van der Waals surface area contributed by atoms with Gasteiger partial charge in [-0.25, -0.2) is 0 Å². The van der Waals surface area contributed by atoms with Crippen molar-refractivity contribution in [3.63, 3.8) is 0 Å². The Kier molecular flexibility index (Phi) is 8.35. The standard InChI is InChI=1S/C26H33BrN2O3/c1-17-9-5-6-10-21(17)15-29(20(4)26(31)28-22-11-7-8-12-22)24(30)16-32-23-13-18(2)25(27)19(3)14-23/h5-6,9-10,13-14,20,22H,7-8,11-12,15-16H2,1-4H3,(H,28,31)/t20-/m1/s1. The quantitative estimate of drug-likeness (QED) is 0.539. The normalized spacial score (nSPS) is 14.8. The van der Waals surface area contributed by atoms with Gasteiger partial charge in [0.1, 0.15) is 11.8 Å². The Labute approximate surface area is 199 Å². The number of benzene rings is 2. The van der Waals surface area contributed by atoms with Crippen LogP contribution in [0.15, 0.2) is 40.9 Å². The Morgan fingerprint density at radius 2 is 1.72 bits per heavy atom. The summed E-state index contributed by atoms with van der Waals surface area (Å²) in [5.41, 5.74) is 4.22. The third kappa shape index (κ3) is 6.12. The summed E-state index contributed by atoms with van der Waals surface area (Å²) in [6.07, 6.45) is 4.31. The molecule has 1 atom stereocenters. The van der Waals surface area contributed by atoms with Gasteiger partial charge in [-0.2, -0.15) is 0 Å². The van der Waals surface area contributed by atoms with E-state index in [2.05, 4.69) is 21.2 Å². The second kappa shape index (κ2) is 11.0. The highest BCUT2D eigenvalue weighted by Crippen LogP contribution is 2.26. The molecule has 6 heteroatoms. The van der Waals surface area contributed by atoms with Gasteiger partial charge < -0.3 is 15.0 Å². The second-order valence-electron chi connectivity index (χ2n) is 8.77. The molecule has 0 aliphatic heterocycles. The molecule has 0 bridgehead atoms. The van der Waals surface area contributed by atoms with E-state index >= 15 is 0 Å². The van der Waals surface area contributed by atoms with Gasteiger partial charge in [-0.15, -0.1) is 0 Å². The molecule has 5 nitrogen and oxygen atoms in total. The summed E-state index contributed by atoms with van der Waals surface area (Å²) in [6.45, 7) is 8.05. The first kappa shape index (κ1) is 24.3. The molecule has 1 fully saturated rings. The topological polar surface area (TPSA) is 58.6 Å². The van der Waals surface area contributed by atoms with E-state index in [1.165, 1.54) is 0 Å². The fourth-order valence-corrected chi connectivity index (χ4v) is 4.39. The van der Waals surface area contributed by atoms with E-state index < -0.39 is 6.04 Å². The van der Waals surface area contributed by atoms with Crippen molar-refractivity contribution in [3.8, 4) is 5.75 Å². The maximum absolute atomic E-state index is 13.3. The van der Waals surface area contributed by atoms with Gasteiger partial charge in [0, 0.05) is 17.1 Å². The fourth-order valence-electron chi connectivity index (χ4n) is 4.16. The molecule has 0 radical (unpaired) electrons. The van der Waals surface area contributed by atoms with Crippen LogP contribution in [0.3, 0.4) is 0 Å². The fraction of sp³-hybridized carbons (Fsp3) is 0.462. The van der Waals surface area contributed by atoms with Crippen molar-refractivity contribution in [1.29, 1.82) is 0 Å². The molecule has 2 aromatic carbocycles. The molecule has 2 aromatic rings. The van der Waals surface area contributed by atoms with Crippen LogP contribution in [0.1, 0.15) is 54.9 Å². The van der Waals surface area contributed by atoms with Gasteiger partial charge in [-0.1, -0.05) is 53.0 Å². The van der Waals surface area contributed by atoms with Crippen molar-refractivity contribution in [2.45, 2.75) is 72.0 Å². The monoisotopic (exact) mass is 500 g/mol. The SMILES string of the molecule is Cc1ccccc1CN(C(=O)COc1cc(C)c(Br)c(C)c1)[C@H](C)C(=O)NC1CCCC1. The first-order chi connectivity index (χ1) is 15.3. The number of amides is 2. The van der Waals surface area contributed by atoms with Crippen LogP contribution in [0.25, 0.3) is 0 Å². The van der Waals surface area contributed by atoms with E-state index in [1.54, 1.807) is 11.8 Å². The van der Waals surface area contributed by atoms with Crippen molar-refractivity contribution in [2.75, 3.05) is 6.61 Å². The van der Waals surface area contributed by atoms with Crippen molar-refractivity contribution in [1.82, 2.24) is 10.2 Å². The largest absolute Gasteiger partial charge is 0.484 e. The lowest BCUT2D eigenvalue weighted by Gasteiger charge is -2.30. The summed E-state index contributed by atoms with van der Waals surface area (Å²) in [6, 6.07) is 11.4. The highest BCUT2D eigenvalue weighted by atomic mass is 79.9. The van der Waals surface area contributed by atoms with Crippen molar-refractivity contribution < 1.29 is 14.3 Å². The maximum Gasteiger partial charge on any atom is 0.261 e. The van der Waals surface area contributed by atoms with E-state index in [1.807, 2.05) is 57.2 Å². The molecule has 0 unspecified atom stereocenters. The van der Waals surface area contributed by atoms with Gasteiger partial charge in [-0.3, -0.25) is 9.59 Å². The third-order valence-electron chi connectivity index (χ3n) is 6.24. The summed E-state index contributed by atoms with van der Waals surface area (Å²) in [5, 5.41) is 3.13. The highest BCUT2D eigenvalue weighted by Gasteiger charge is 2.29. The summed E-state index contributed by atoms with van der Waals surface area (Å²) in [5.74, 6) is 0.338. The molecule has 32 heavy (non-hydrogen) atoms. The molecule has 3 rings (SSSR count). The van der Waals surface area contributed by atoms with E-state index in [0.29, 0.717) is 12.3 Å². The molecule has 1 aliphatic rings. The number of hydrogen-bond donors (Lipinski definition) is 1. The zero-order chi connectivity index (χ0) is 23.3.